The van der Waals surface area contributed by atoms with E-state index in [0.717, 1.165) is 32.4 Å². The molecule has 1 nitrogen and oxygen atoms in total. The fourth-order valence-electron chi connectivity index (χ4n) is 1.19. The van der Waals surface area contributed by atoms with Crippen LogP contribution in [0.5, 0.6) is 0 Å². The van der Waals surface area contributed by atoms with Crippen molar-refractivity contribution >= 4 is 43.2 Å². The van der Waals surface area contributed by atoms with Gasteiger partial charge in [0, 0.05) is 5.56 Å². The fraction of sp³-hybridized carbons (Fsp3) is 0.400. The molecule has 0 spiro atoms. The Morgan fingerprint density at radius 3 is 2.79 bits per heavy atom. The highest BCUT2D eigenvalue weighted by Gasteiger charge is 2.13. The number of unbranched alkanes of at least 4 members (excludes halogenated alkanes) is 1. The first-order valence-electron chi connectivity index (χ1n) is 4.39. The van der Waals surface area contributed by atoms with Gasteiger partial charge in [0.15, 0.2) is 0 Å². The molecule has 1 aromatic heterocycles. The summed E-state index contributed by atoms with van der Waals surface area (Å²) in [5.74, 6) is 0. The molecule has 14 heavy (non-hydrogen) atoms. The molecule has 1 unspecified atom stereocenters. The molecule has 1 aromatic rings. The van der Waals surface area contributed by atoms with Crippen LogP contribution in [0.1, 0.15) is 30.9 Å². The smallest absolute Gasteiger partial charge is 0.0809 e. The summed E-state index contributed by atoms with van der Waals surface area (Å²) in [6.07, 6.45) is 4.23. The van der Waals surface area contributed by atoms with Crippen LogP contribution >= 0.6 is 43.2 Å². The number of hydrogen-bond acceptors (Lipinski definition) is 2. The van der Waals surface area contributed by atoms with Gasteiger partial charge < -0.3 is 5.11 Å². The van der Waals surface area contributed by atoms with Crippen LogP contribution in [0, 0.1) is 0 Å². The van der Waals surface area contributed by atoms with Crippen molar-refractivity contribution in [3.05, 3.63) is 31.9 Å². The minimum Gasteiger partial charge on any atom is -0.388 e. The number of allylic oxidation sites excluding steroid dienone is 1. The summed E-state index contributed by atoms with van der Waals surface area (Å²) in [5, 5.41) is 9.86. The normalized spacial score (nSPS) is 12.8. The largest absolute Gasteiger partial charge is 0.388 e. The van der Waals surface area contributed by atoms with Crippen LogP contribution in [0.2, 0.25) is 0 Å². The second kappa shape index (κ2) is 6.05. The molecule has 0 bridgehead atoms. The molecule has 0 fully saturated rings. The predicted molar refractivity (Wildman–Crippen MR) is 68.7 cm³/mol. The molecule has 0 aliphatic heterocycles. The first-order valence-corrected chi connectivity index (χ1v) is 6.79. The molecule has 0 amide bonds. The van der Waals surface area contributed by atoms with Gasteiger partial charge in [0.2, 0.25) is 0 Å². The van der Waals surface area contributed by atoms with E-state index >= 15 is 0 Å². The maximum absolute atomic E-state index is 9.86. The van der Waals surface area contributed by atoms with Crippen molar-refractivity contribution in [1.29, 1.82) is 0 Å². The van der Waals surface area contributed by atoms with Crippen LogP contribution in [0.3, 0.4) is 0 Å². The molecule has 0 aliphatic rings. The lowest BCUT2D eigenvalue weighted by atomic mass is 10.1. The van der Waals surface area contributed by atoms with E-state index in [2.05, 4.69) is 38.4 Å². The highest BCUT2D eigenvalue weighted by Crippen LogP contribution is 2.36. The zero-order chi connectivity index (χ0) is 10.6. The maximum Gasteiger partial charge on any atom is 0.0809 e. The van der Waals surface area contributed by atoms with Gasteiger partial charge in [0.05, 0.1) is 13.7 Å². The zero-order valence-corrected chi connectivity index (χ0v) is 11.7. The van der Waals surface area contributed by atoms with E-state index in [4.69, 9.17) is 0 Å². The number of aliphatic hydroxyl groups is 1. The topological polar surface area (TPSA) is 20.2 Å². The molecule has 1 rings (SSSR count). The number of halogens is 2. The van der Waals surface area contributed by atoms with Gasteiger partial charge in [-0.05, 0) is 57.2 Å². The Labute approximate surface area is 105 Å². The van der Waals surface area contributed by atoms with Gasteiger partial charge in [0.1, 0.15) is 0 Å². The first kappa shape index (κ1) is 12.4. The number of thiophene rings is 1. The van der Waals surface area contributed by atoms with Gasteiger partial charge in [-0.3, -0.25) is 0 Å². The quantitative estimate of drug-likeness (QED) is 0.610. The lowest BCUT2D eigenvalue weighted by molar-refractivity contribution is 0.165. The van der Waals surface area contributed by atoms with Crippen molar-refractivity contribution in [1.82, 2.24) is 0 Å². The molecule has 1 atom stereocenters. The first-order chi connectivity index (χ1) is 6.65. The molecular formula is C10H12Br2OS. The van der Waals surface area contributed by atoms with Crippen molar-refractivity contribution in [3.63, 3.8) is 0 Å². The van der Waals surface area contributed by atoms with E-state index in [-0.39, 0.29) is 6.10 Å². The second-order valence-corrected chi connectivity index (χ2v) is 6.76. The Balaban J connectivity index is 2.55. The Bertz CT molecular complexity index is 309. The summed E-state index contributed by atoms with van der Waals surface area (Å²) >= 11 is 8.42. The number of hydrogen-bond donors (Lipinski definition) is 1. The standard InChI is InChI=1S/C10H12Br2OS/c1-2-3-4-5-8(13)7-6-9(11)14-10(7)12/h2,6,8,13H,1,3-5H2. The fourth-order valence-corrected chi connectivity index (χ4v) is 4.15. The minimum absolute atomic E-state index is 0.369. The van der Waals surface area contributed by atoms with E-state index < -0.39 is 0 Å². The Kier molecular flexibility index (Phi) is 5.38. The van der Waals surface area contributed by atoms with Crippen molar-refractivity contribution in [3.8, 4) is 0 Å². The third-order valence-corrected chi connectivity index (χ3v) is 4.31. The second-order valence-electron chi connectivity index (χ2n) is 3.01. The summed E-state index contributed by atoms with van der Waals surface area (Å²) in [5.41, 5.74) is 0.978. The van der Waals surface area contributed by atoms with E-state index in [0.29, 0.717) is 0 Å². The minimum atomic E-state index is -0.369. The van der Waals surface area contributed by atoms with E-state index in [1.165, 1.54) is 0 Å². The van der Waals surface area contributed by atoms with E-state index in [1.54, 1.807) is 11.3 Å². The van der Waals surface area contributed by atoms with Crippen LogP contribution in [0.25, 0.3) is 0 Å². The van der Waals surface area contributed by atoms with E-state index in [1.807, 2.05) is 12.1 Å². The Morgan fingerprint density at radius 1 is 1.57 bits per heavy atom. The van der Waals surface area contributed by atoms with Crippen molar-refractivity contribution in [2.45, 2.75) is 25.4 Å². The summed E-state index contributed by atoms with van der Waals surface area (Å²) < 4.78 is 2.05. The molecule has 4 heteroatoms. The molecule has 1 N–H and O–H groups in total. The Morgan fingerprint density at radius 2 is 2.29 bits per heavy atom. The molecule has 1 heterocycles. The van der Waals surface area contributed by atoms with Gasteiger partial charge in [-0.1, -0.05) is 6.08 Å². The van der Waals surface area contributed by atoms with Crippen LogP contribution in [-0.2, 0) is 0 Å². The third-order valence-electron chi connectivity index (χ3n) is 1.93. The third kappa shape index (κ3) is 3.50. The van der Waals surface area contributed by atoms with Crippen molar-refractivity contribution in [2.24, 2.45) is 0 Å². The SMILES string of the molecule is C=CCCCC(O)c1cc(Br)sc1Br. The lowest BCUT2D eigenvalue weighted by Gasteiger charge is -2.08. The molecule has 0 saturated heterocycles. The summed E-state index contributed by atoms with van der Waals surface area (Å²) in [7, 11) is 0. The van der Waals surface area contributed by atoms with Crippen molar-refractivity contribution in [2.75, 3.05) is 0 Å². The molecule has 0 saturated carbocycles. The summed E-state index contributed by atoms with van der Waals surface area (Å²) in [6, 6.07) is 1.97. The molecule has 0 radical (unpaired) electrons. The average Bonchev–Trinajstić information content (AvgIpc) is 2.45. The zero-order valence-electron chi connectivity index (χ0n) is 7.67. The monoisotopic (exact) mass is 338 g/mol. The van der Waals surface area contributed by atoms with Gasteiger partial charge in [-0.15, -0.1) is 17.9 Å². The van der Waals surface area contributed by atoms with Crippen LogP contribution in [-0.4, -0.2) is 5.11 Å². The molecule has 0 aromatic carbocycles. The van der Waals surface area contributed by atoms with Gasteiger partial charge >= 0.3 is 0 Å². The summed E-state index contributed by atoms with van der Waals surface area (Å²) in [4.78, 5) is 0. The number of rotatable bonds is 5. The summed E-state index contributed by atoms with van der Waals surface area (Å²) in [6.45, 7) is 3.66. The van der Waals surface area contributed by atoms with Gasteiger partial charge in [-0.2, -0.15) is 0 Å². The van der Waals surface area contributed by atoms with Crippen LogP contribution < -0.4 is 0 Å². The number of aliphatic hydroxyl groups excluding tert-OH is 1. The molecule has 78 valence electrons. The average molecular weight is 340 g/mol. The van der Waals surface area contributed by atoms with Crippen LogP contribution in [0.4, 0.5) is 0 Å². The highest BCUT2D eigenvalue weighted by molar-refractivity contribution is 9.12. The van der Waals surface area contributed by atoms with E-state index in [9.17, 15) is 5.11 Å². The maximum atomic E-state index is 9.86. The molecule has 0 aliphatic carbocycles. The molecular weight excluding hydrogens is 328 g/mol. The van der Waals surface area contributed by atoms with Crippen molar-refractivity contribution < 1.29 is 5.11 Å². The van der Waals surface area contributed by atoms with Crippen LogP contribution in [0.15, 0.2) is 26.3 Å². The predicted octanol–water partition coefficient (Wildman–Crippen LogP) is 4.66. The lowest BCUT2D eigenvalue weighted by Crippen LogP contribution is -1.95. The van der Waals surface area contributed by atoms with Gasteiger partial charge in [0.25, 0.3) is 0 Å². The Hall–Kier alpha value is 0.360. The van der Waals surface area contributed by atoms with Gasteiger partial charge in [-0.25, -0.2) is 0 Å². The highest BCUT2D eigenvalue weighted by atomic mass is 79.9.